The number of thioether (sulfide) groups is 1. The quantitative estimate of drug-likeness (QED) is 0.589. The van der Waals surface area contributed by atoms with Crippen molar-refractivity contribution in [1.82, 2.24) is 0 Å². The fourth-order valence-electron chi connectivity index (χ4n) is 2.93. The van der Waals surface area contributed by atoms with Crippen LogP contribution in [0.1, 0.15) is 63.6 Å². The van der Waals surface area contributed by atoms with Crippen molar-refractivity contribution in [2.24, 2.45) is 4.99 Å². The fourth-order valence-corrected chi connectivity index (χ4v) is 3.95. The second-order valence-corrected chi connectivity index (χ2v) is 8.08. The second-order valence-electron chi connectivity index (χ2n) is 7.05. The Morgan fingerprint density at radius 1 is 1.20 bits per heavy atom. The average Bonchev–Trinajstić information content (AvgIpc) is 2.98. The van der Waals surface area contributed by atoms with Crippen molar-refractivity contribution in [1.29, 1.82) is 0 Å². The molecule has 1 aromatic carbocycles. The van der Waals surface area contributed by atoms with Gasteiger partial charge in [-0.05, 0) is 61.6 Å². The Kier molecular flexibility index (Phi) is 8.29. The Morgan fingerprint density at radius 2 is 1.90 bits per heavy atom. The van der Waals surface area contributed by atoms with E-state index in [-0.39, 0.29) is 41.2 Å². The molecule has 1 heterocycles. The third-order valence-corrected chi connectivity index (χ3v) is 5.53. The van der Waals surface area contributed by atoms with Gasteiger partial charge in [0.2, 0.25) is 5.91 Å². The summed E-state index contributed by atoms with van der Waals surface area (Å²) in [6.45, 7) is 12.2. The Labute approximate surface area is 182 Å². The molecule has 0 bridgehead atoms. The van der Waals surface area contributed by atoms with Gasteiger partial charge in [-0.2, -0.15) is 0 Å². The normalized spacial score (nSPS) is 16.6. The molecule has 1 aliphatic rings. The summed E-state index contributed by atoms with van der Waals surface area (Å²) in [6, 6.07) is 4.01. The molecule has 162 valence electrons. The minimum absolute atomic E-state index is 0.0671. The lowest BCUT2D eigenvalue weighted by Gasteiger charge is -2.16. The van der Waals surface area contributed by atoms with E-state index in [1.807, 2.05) is 26.0 Å². The van der Waals surface area contributed by atoms with Gasteiger partial charge in [0, 0.05) is 6.42 Å². The lowest BCUT2D eigenvalue weighted by Crippen LogP contribution is -2.14. The highest BCUT2D eigenvalue weighted by Crippen LogP contribution is 2.40. The highest BCUT2D eigenvalue weighted by atomic mass is 32.2. The fraction of sp³-hybridized carbons (Fsp3) is 0.435. The van der Waals surface area contributed by atoms with Crippen LogP contribution < -0.4 is 4.74 Å². The lowest BCUT2D eigenvalue weighted by atomic mass is 9.96. The SMILES string of the molecule is CCOC(=O)C1=C(O)/C(=C/c2cc(C(C)C)c(OCC)cc2C)SC1=NC(=O)CC. The van der Waals surface area contributed by atoms with Gasteiger partial charge in [0.05, 0.1) is 18.1 Å². The van der Waals surface area contributed by atoms with Gasteiger partial charge in [-0.25, -0.2) is 9.79 Å². The van der Waals surface area contributed by atoms with Crippen molar-refractivity contribution in [2.45, 2.75) is 53.9 Å². The summed E-state index contributed by atoms with van der Waals surface area (Å²) in [7, 11) is 0. The summed E-state index contributed by atoms with van der Waals surface area (Å²) in [6.07, 6.45) is 2.00. The third kappa shape index (κ3) is 5.33. The van der Waals surface area contributed by atoms with E-state index in [0.29, 0.717) is 11.5 Å². The number of hydrogen-bond donors (Lipinski definition) is 1. The summed E-state index contributed by atoms with van der Waals surface area (Å²) in [5.74, 6) is -0.193. The number of hydrogen-bond acceptors (Lipinski definition) is 6. The number of ether oxygens (including phenoxy) is 2. The molecular formula is C23H29NO5S. The number of aliphatic imine (C=N–C) groups is 1. The lowest BCUT2D eigenvalue weighted by molar-refractivity contribution is -0.138. The van der Waals surface area contributed by atoms with Gasteiger partial charge in [-0.3, -0.25) is 4.79 Å². The highest BCUT2D eigenvalue weighted by molar-refractivity contribution is 8.18. The monoisotopic (exact) mass is 431 g/mol. The predicted octanol–water partition coefficient (Wildman–Crippen LogP) is 5.32. The smallest absolute Gasteiger partial charge is 0.344 e. The number of carbonyl (C=O) groups excluding carboxylic acids is 2. The van der Waals surface area contributed by atoms with E-state index in [2.05, 4.69) is 18.8 Å². The van der Waals surface area contributed by atoms with Crippen LogP contribution in [-0.4, -0.2) is 35.2 Å². The van der Waals surface area contributed by atoms with Crippen molar-refractivity contribution in [3.63, 3.8) is 0 Å². The molecule has 0 atom stereocenters. The largest absolute Gasteiger partial charge is 0.506 e. The molecule has 1 aromatic rings. The van der Waals surface area contributed by atoms with Crippen LogP contribution in [0.3, 0.4) is 0 Å². The number of benzene rings is 1. The van der Waals surface area contributed by atoms with Crippen molar-refractivity contribution >= 4 is 34.8 Å². The van der Waals surface area contributed by atoms with Crippen molar-refractivity contribution < 1.29 is 24.2 Å². The minimum Gasteiger partial charge on any atom is -0.506 e. The molecule has 1 amide bonds. The van der Waals surface area contributed by atoms with Crippen LogP contribution in [0, 0.1) is 6.92 Å². The predicted molar refractivity (Wildman–Crippen MR) is 121 cm³/mol. The summed E-state index contributed by atoms with van der Waals surface area (Å²) < 4.78 is 10.8. The van der Waals surface area contributed by atoms with E-state index < -0.39 is 5.97 Å². The number of esters is 1. The molecule has 0 aliphatic carbocycles. The van der Waals surface area contributed by atoms with Crippen LogP contribution >= 0.6 is 11.8 Å². The van der Waals surface area contributed by atoms with E-state index in [1.54, 1.807) is 19.9 Å². The third-order valence-electron chi connectivity index (χ3n) is 4.51. The van der Waals surface area contributed by atoms with Gasteiger partial charge in [0.1, 0.15) is 22.1 Å². The first-order valence-electron chi connectivity index (χ1n) is 10.1. The van der Waals surface area contributed by atoms with Crippen LogP contribution in [0.5, 0.6) is 5.75 Å². The first-order valence-corrected chi connectivity index (χ1v) is 10.9. The zero-order chi connectivity index (χ0) is 22.4. The Morgan fingerprint density at radius 3 is 2.47 bits per heavy atom. The number of rotatable bonds is 7. The van der Waals surface area contributed by atoms with Crippen molar-refractivity contribution in [3.8, 4) is 5.75 Å². The van der Waals surface area contributed by atoms with Crippen LogP contribution in [0.25, 0.3) is 6.08 Å². The van der Waals surface area contributed by atoms with E-state index >= 15 is 0 Å². The summed E-state index contributed by atoms with van der Waals surface area (Å²) in [5, 5.41) is 10.9. The van der Waals surface area contributed by atoms with E-state index in [1.165, 1.54) is 0 Å². The maximum Gasteiger partial charge on any atom is 0.344 e. The van der Waals surface area contributed by atoms with Crippen LogP contribution in [-0.2, 0) is 14.3 Å². The Hall–Kier alpha value is -2.54. The van der Waals surface area contributed by atoms with Gasteiger partial charge in [-0.1, -0.05) is 32.5 Å². The number of carbonyl (C=O) groups is 2. The van der Waals surface area contributed by atoms with Crippen LogP contribution in [0.2, 0.25) is 0 Å². The van der Waals surface area contributed by atoms with E-state index in [9.17, 15) is 14.7 Å². The molecule has 0 spiro atoms. The van der Waals surface area contributed by atoms with Crippen LogP contribution in [0.15, 0.2) is 33.4 Å². The van der Waals surface area contributed by atoms with Gasteiger partial charge in [0.15, 0.2) is 0 Å². The van der Waals surface area contributed by atoms with Gasteiger partial charge >= 0.3 is 5.97 Å². The number of aliphatic hydroxyl groups excluding tert-OH is 1. The molecule has 0 fully saturated rings. The molecule has 1 aliphatic heterocycles. The van der Waals surface area contributed by atoms with E-state index in [0.717, 1.165) is 34.2 Å². The second kappa shape index (κ2) is 10.5. The number of aryl methyl sites for hydroxylation is 1. The molecule has 0 aromatic heterocycles. The summed E-state index contributed by atoms with van der Waals surface area (Å²) in [5.41, 5.74) is 2.85. The topological polar surface area (TPSA) is 85.2 Å². The molecule has 30 heavy (non-hydrogen) atoms. The van der Waals surface area contributed by atoms with Crippen molar-refractivity contribution in [2.75, 3.05) is 13.2 Å². The van der Waals surface area contributed by atoms with Gasteiger partial charge in [-0.15, -0.1) is 0 Å². The molecule has 0 saturated heterocycles. The Balaban J connectivity index is 2.57. The van der Waals surface area contributed by atoms with Gasteiger partial charge < -0.3 is 14.6 Å². The van der Waals surface area contributed by atoms with Crippen molar-refractivity contribution in [3.05, 3.63) is 45.1 Å². The maximum absolute atomic E-state index is 12.4. The molecule has 2 rings (SSSR count). The average molecular weight is 432 g/mol. The summed E-state index contributed by atoms with van der Waals surface area (Å²) >= 11 is 1.09. The number of nitrogens with zero attached hydrogens (tertiary/aromatic N) is 1. The maximum atomic E-state index is 12.4. The molecule has 0 radical (unpaired) electrons. The van der Waals surface area contributed by atoms with E-state index in [4.69, 9.17) is 9.47 Å². The first-order chi connectivity index (χ1) is 14.2. The summed E-state index contributed by atoms with van der Waals surface area (Å²) in [4.78, 5) is 28.7. The molecule has 1 N–H and O–H groups in total. The molecular weight excluding hydrogens is 402 g/mol. The standard InChI is InChI=1S/C23H29NO5S/c1-7-19(25)24-22-20(23(27)29-9-3)21(26)18(30-22)12-15-11-16(13(4)5)17(28-8-2)10-14(15)6/h10-13,26H,7-9H2,1-6H3/b18-12-,24-22?. The van der Waals surface area contributed by atoms with Gasteiger partial charge in [0.25, 0.3) is 0 Å². The molecule has 0 unspecified atom stereocenters. The molecule has 7 heteroatoms. The molecule has 6 nitrogen and oxygen atoms in total. The first kappa shape index (κ1) is 23.7. The molecule has 0 saturated carbocycles. The minimum atomic E-state index is -0.695. The Bertz CT molecular complexity index is 928. The zero-order valence-corrected chi connectivity index (χ0v) is 19.2. The zero-order valence-electron chi connectivity index (χ0n) is 18.4. The highest BCUT2D eigenvalue weighted by Gasteiger charge is 2.33. The number of amides is 1. The number of aliphatic hydroxyl groups is 1. The van der Waals surface area contributed by atoms with Crippen LogP contribution in [0.4, 0.5) is 0 Å².